The molecule has 0 aromatic carbocycles. The van der Waals surface area contributed by atoms with Gasteiger partial charge in [-0.25, -0.2) is 4.79 Å². The molecule has 0 atom stereocenters. The third kappa shape index (κ3) is 12.4. The minimum Gasteiger partial charge on any atom is -0.462 e. The predicted octanol–water partition coefficient (Wildman–Crippen LogP) is 3.32. The maximum Gasteiger partial charge on any atom is 0.333 e. The Morgan fingerprint density at radius 3 is 1.78 bits per heavy atom. The van der Waals surface area contributed by atoms with Gasteiger partial charge >= 0.3 is 5.97 Å². The van der Waals surface area contributed by atoms with Crippen molar-refractivity contribution in [3.8, 4) is 0 Å². The van der Waals surface area contributed by atoms with E-state index in [-0.39, 0.29) is 11.4 Å². The van der Waals surface area contributed by atoms with E-state index < -0.39 is 0 Å². The third-order valence-corrected chi connectivity index (χ3v) is 5.54. The zero-order valence-corrected chi connectivity index (χ0v) is 17.6. The lowest BCUT2D eigenvalue weighted by molar-refractivity contribution is -0.146. The van der Waals surface area contributed by atoms with E-state index in [2.05, 4.69) is 6.58 Å². The molecule has 0 aliphatic carbocycles. The molecule has 0 spiro atoms. The van der Waals surface area contributed by atoms with Crippen LogP contribution in [0.15, 0.2) is 12.2 Å². The lowest BCUT2D eigenvalue weighted by Crippen LogP contribution is -2.33. The van der Waals surface area contributed by atoms with Crippen LogP contribution in [0.1, 0.15) is 71.1 Å². The molecular formula is C18H36O4Si. The molecule has 0 radical (unpaired) electrons. The molecule has 0 saturated heterocycles. The van der Waals surface area contributed by atoms with Gasteiger partial charge in [0.1, 0.15) is 5.41 Å². The number of methoxy groups -OCH3 is 2. The first-order valence-electron chi connectivity index (χ1n) is 8.88. The quantitative estimate of drug-likeness (QED) is 0.150. The van der Waals surface area contributed by atoms with Crippen molar-refractivity contribution in [2.75, 3.05) is 20.8 Å². The number of carbonyl (C=O) groups excluding carboxylic acids is 1. The summed E-state index contributed by atoms with van der Waals surface area (Å²) in [6, 6.07) is 0. The Morgan fingerprint density at radius 2 is 1.35 bits per heavy atom. The van der Waals surface area contributed by atoms with Crippen LogP contribution in [-0.4, -0.2) is 42.4 Å². The lowest BCUT2D eigenvalue weighted by Gasteiger charge is -2.26. The lowest BCUT2D eigenvalue weighted by atomic mass is 10.1. The average molecular weight is 345 g/mol. The minimum absolute atomic E-state index is 0.272. The van der Waals surface area contributed by atoms with Gasteiger partial charge in [-0.1, -0.05) is 51.5 Å². The molecule has 0 aromatic rings. The van der Waals surface area contributed by atoms with Crippen molar-refractivity contribution in [3.63, 3.8) is 0 Å². The summed E-state index contributed by atoms with van der Waals surface area (Å²) >= 11 is 0. The fourth-order valence-electron chi connectivity index (χ4n) is 2.36. The second-order valence-electron chi connectivity index (χ2n) is 6.39. The maximum atomic E-state index is 11.2. The molecule has 0 unspecified atom stereocenters. The Balaban J connectivity index is 3.28. The molecular weight excluding hydrogens is 308 g/mol. The Morgan fingerprint density at radius 1 is 0.913 bits per heavy atom. The van der Waals surface area contributed by atoms with E-state index in [9.17, 15) is 4.79 Å². The van der Waals surface area contributed by atoms with Crippen molar-refractivity contribution in [2.45, 2.75) is 76.5 Å². The molecule has 0 aliphatic heterocycles. The molecule has 0 saturated carbocycles. The van der Waals surface area contributed by atoms with Gasteiger partial charge in [-0.3, -0.25) is 0 Å². The number of esters is 1. The monoisotopic (exact) mass is 344 g/mol. The molecule has 0 fully saturated rings. The standard InChI is InChI=1S/C18H36O4Si/c1-16(2)17(19)22-15-13-11-9-7-5-6-8-10-12-14-18(23,20-3)21-4/h1,5-15H2,2-4,23H3. The summed E-state index contributed by atoms with van der Waals surface area (Å²) in [5.41, 5.74) is 0.191. The van der Waals surface area contributed by atoms with Gasteiger partial charge in [-0.15, -0.1) is 0 Å². The topological polar surface area (TPSA) is 44.8 Å². The highest BCUT2D eigenvalue weighted by Gasteiger charge is 2.20. The van der Waals surface area contributed by atoms with E-state index in [0.29, 0.717) is 12.2 Å². The molecule has 0 bridgehead atoms. The number of hydrogen-bond acceptors (Lipinski definition) is 4. The van der Waals surface area contributed by atoms with Gasteiger partial charge < -0.3 is 14.2 Å². The summed E-state index contributed by atoms with van der Waals surface area (Å²) in [4.78, 5) is 11.2. The van der Waals surface area contributed by atoms with Crippen LogP contribution < -0.4 is 0 Å². The van der Waals surface area contributed by atoms with Crippen LogP contribution in [-0.2, 0) is 19.0 Å². The van der Waals surface area contributed by atoms with Gasteiger partial charge in [0.15, 0.2) is 0 Å². The summed E-state index contributed by atoms with van der Waals surface area (Å²) in [7, 11) is 4.37. The second-order valence-corrected chi connectivity index (χ2v) is 7.91. The normalized spacial score (nSPS) is 11.6. The first kappa shape index (κ1) is 22.3. The highest BCUT2D eigenvalue weighted by atomic mass is 28.1. The Hall–Kier alpha value is -0.653. The largest absolute Gasteiger partial charge is 0.462 e. The number of carbonyl (C=O) groups is 1. The van der Waals surface area contributed by atoms with Gasteiger partial charge in [0, 0.05) is 19.8 Å². The minimum atomic E-state index is -0.284. The average Bonchev–Trinajstić information content (AvgIpc) is 2.55. The van der Waals surface area contributed by atoms with Crippen molar-refractivity contribution in [1.82, 2.24) is 0 Å². The Kier molecular flexibility index (Phi) is 13.4. The highest BCUT2D eigenvalue weighted by molar-refractivity contribution is 6.13. The fraction of sp³-hybridized carbons (Fsp3) is 0.833. The summed E-state index contributed by atoms with van der Waals surface area (Å²) < 4.78 is 15.9. The highest BCUT2D eigenvalue weighted by Crippen LogP contribution is 2.17. The number of ether oxygens (including phenoxy) is 3. The smallest absolute Gasteiger partial charge is 0.333 e. The van der Waals surface area contributed by atoms with Crippen LogP contribution in [0.25, 0.3) is 0 Å². The second kappa shape index (κ2) is 13.8. The zero-order chi connectivity index (χ0) is 17.6. The van der Waals surface area contributed by atoms with E-state index in [0.717, 1.165) is 29.5 Å². The van der Waals surface area contributed by atoms with Crippen molar-refractivity contribution in [1.29, 1.82) is 0 Å². The van der Waals surface area contributed by atoms with Crippen molar-refractivity contribution in [2.24, 2.45) is 0 Å². The summed E-state index contributed by atoms with van der Waals surface area (Å²) in [5, 5.41) is 0. The number of unbranched alkanes of at least 4 members (excludes halogenated alkanes) is 8. The van der Waals surface area contributed by atoms with Crippen molar-refractivity contribution < 1.29 is 19.0 Å². The molecule has 0 amide bonds. The van der Waals surface area contributed by atoms with Crippen LogP contribution in [0.2, 0.25) is 0 Å². The van der Waals surface area contributed by atoms with E-state index in [1.165, 1.54) is 44.9 Å². The summed E-state index contributed by atoms with van der Waals surface area (Å²) in [6.07, 6.45) is 11.9. The summed E-state index contributed by atoms with van der Waals surface area (Å²) in [5.74, 6) is -0.272. The van der Waals surface area contributed by atoms with Gasteiger partial charge in [0.25, 0.3) is 0 Å². The van der Waals surface area contributed by atoms with Crippen LogP contribution in [0, 0.1) is 0 Å². The third-order valence-electron chi connectivity index (χ3n) is 4.22. The zero-order valence-electron chi connectivity index (χ0n) is 15.6. The van der Waals surface area contributed by atoms with E-state index in [1.54, 1.807) is 21.1 Å². The molecule has 23 heavy (non-hydrogen) atoms. The molecule has 0 N–H and O–H groups in total. The van der Waals surface area contributed by atoms with Crippen molar-refractivity contribution in [3.05, 3.63) is 12.2 Å². The van der Waals surface area contributed by atoms with Gasteiger partial charge in [0.2, 0.25) is 0 Å². The molecule has 136 valence electrons. The summed E-state index contributed by atoms with van der Waals surface area (Å²) in [6.45, 7) is 5.76. The van der Waals surface area contributed by atoms with E-state index >= 15 is 0 Å². The van der Waals surface area contributed by atoms with Gasteiger partial charge in [-0.05, 0) is 26.2 Å². The molecule has 0 aliphatic rings. The molecule has 0 heterocycles. The van der Waals surface area contributed by atoms with Crippen LogP contribution in [0.5, 0.6) is 0 Å². The van der Waals surface area contributed by atoms with Crippen molar-refractivity contribution >= 4 is 16.2 Å². The molecule has 5 heteroatoms. The van der Waals surface area contributed by atoms with Crippen LogP contribution in [0.3, 0.4) is 0 Å². The fourth-order valence-corrected chi connectivity index (χ4v) is 2.71. The van der Waals surface area contributed by atoms with E-state index in [4.69, 9.17) is 14.2 Å². The predicted molar refractivity (Wildman–Crippen MR) is 98.6 cm³/mol. The molecule has 4 nitrogen and oxygen atoms in total. The molecule has 0 rings (SSSR count). The van der Waals surface area contributed by atoms with Crippen LogP contribution >= 0.6 is 0 Å². The SMILES string of the molecule is C=C(C)C(=O)OCCCCCCCCCCCC([SiH3])(OC)OC. The number of hydrogen-bond donors (Lipinski definition) is 0. The Bertz CT molecular complexity index is 327. The Labute approximate surface area is 145 Å². The number of rotatable bonds is 15. The maximum absolute atomic E-state index is 11.2. The first-order chi connectivity index (χ1) is 10.9. The molecule has 0 aromatic heterocycles. The van der Waals surface area contributed by atoms with Crippen LogP contribution in [0.4, 0.5) is 0 Å². The van der Waals surface area contributed by atoms with Gasteiger partial charge in [0.05, 0.1) is 16.8 Å². The first-order valence-corrected chi connectivity index (χ1v) is 9.88. The van der Waals surface area contributed by atoms with Gasteiger partial charge in [-0.2, -0.15) is 0 Å². The van der Waals surface area contributed by atoms with E-state index in [1.807, 2.05) is 0 Å².